The fourth-order valence-corrected chi connectivity index (χ4v) is 5.31. The molecule has 0 bridgehead atoms. The largest absolute Gasteiger partial charge is 0.507 e. The van der Waals surface area contributed by atoms with Crippen molar-refractivity contribution in [3.8, 4) is 28.5 Å². The van der Waals surface area contributed by atoms with E-state index in [0.29, 0.717) is 48.2 Å². The summed E-state index contributed by atoms with van der Waals surface area (Å²) in [6.45, 7) is 7.51. The Kier molecular flexibility index (Phi) is 6.15. The topological polar surface area (TPSA) is 96.9 Å². The summed E-state index contributed by atoms with van der Waals surface area (Å²) in [6, 6.07) is 9.06. The van der Waals surface area contributed by atoms with Crippen molar-refractivity contribution in [3.63, 3.8) is 0 Å². The van der Waals surface area contributed by atoms with E-state index >= 15 is 0 Å². The van der Waals surface area contributed by atoms with E-state index in [4.69, 9.17) is 14.2 Å². The van der Waals surface area contributed by atoms with Crippen LogP contribution in [0.15, 0.2) is 30.3 Å². The van der Waals surface area contributed by atoms with Gasteiger partial charge in [0.15, 0.2) is 11.5 Å². The first-order chi connectivity index (χ1) is 16.9. The van der Waals surface area contributed by atoms with Crippen molar-refractivity contribution in [2.45, 2.75) is 45.8 Å². The van der Waals surface area contributed by atoms with Gasteiger partial charge in [0, 0.05) is 24.3 Å². The average molecular weight is 478 g/mol. The molecule has 8 nitrogen and oxygen atoms in total. The van der Waals surface area contributed by atoms with Crippen molar-refractivity contribution in [2.75, 3.05) is 26.9 Å². The Labute approximate surface area is 204 Å². The van der Waals surface area contributed by atoms with Gasteiger partial charge in [-0.25, -0.2) is 0 Å². The minimum absolute atomic E-state index is 0.0130. The zero-order chi connectivity index (χ0) is 24.7. The molecule has 2 N–H and O–H groups in total. The Morgan fingerprint density at radius 3 is 2.74 bits per heavy atom. The van der Waals surface area contributed by atoms with Gasteiger partial charge < -0.3 is 24.2 Å². The normalized spacial score (nSPS) is 19.3. The van der Waals surface area contributed by atoms with E-state index in [-0.39, 0.29) is 17.8 Å². The van der Waals surface area contributed by atoms with Crippen LogP contribution in [0.25, 0.3) is 11.3 Å². The van der Waals surface area contributed by atoms with Crippen molar-refractivity contribution >= 4 is 5.91 Å². The highest BCUT2D eigenvalue weighted by Crippen LogP contribution is 2.47. The average Bonchev–Trinajstić information content (AvgIpc) is 3.54. The number of phenolic OH excluding ortho intramolecular Hbond substituents is 1. The van der Waals surface area contributed by atoms with Gasteiger partial charge in [0.1, 0.15) is 17.1 Å². The fraction of sp³-hybridized carbons (Fsp3) is 0.407. The van der Waals surface area contributed by atoms with Crippen LogP contribution < -0.4 is 9.47 Å². The number of aromatic hydroxyl groups is 1. The maximum atomic E-state index is 13.6. The highest BCUT2D eigenvalue weighted by Gasteiger charge is 2.44. The van der Waals surface area contributed by atoms with E-state index in [2.05, 4.69) is 10.2 Å². The van der Waals surface area contributed by atoms with Gasteiger partial charge >= 0.3 is 0 Å². The minimum Gasteiger partial charge on any atom is -0.507 e. The SMILES string of the molecule is CCOc1ccc(C2c3c(-c4c(C)cc(C)cc4O)n[nH]c3C(=O)N2CC2CCCO2)cc1OC. The Morgan fingerprint density at radius 1 is 1.23 bits per heavy atom. The van der Waals surface area contributed by atoms with Crippen molar-refractivity contribution in [3.05, 3.63) is 58.3 Å². The van der Waals surface area contributed by atoms with E-state index in [0.717, 1.165) is 35.1 Å². The molecule has 3 heterocycles. The monoisotopic (exact) mass is 477 g/mol. The number of phenols is 1. The number of carbonyl (C=O) groups excluding carboxylic acids is 1. The number of H-pyrrole nitrogens is 1. The van der Waals surface area contributed by atoms with Crippen LogP contribution in [0.2, 0.25) is 0 Å². The Bertz CT molecular complexity index is 1240. The van der Waals surface area contributed by atoms with Crippen LogP contribution in [0.4, 0.5) is 0 Å². The van der Waals surface area contributed by atoms with Crippen LogP contribution in [0.3, 0.4) is 0 Å². The molecule has 0 aliphatic carbocycles. The molecule has 2 unspecified atom stereocenters. The number of amides is 1. The van der Waals surface area contributed by atoms with Crippen LogP contribution in [-0.4, -0.2) is 59.1 Å². The highest BCUT2D eigenvalue weighted by atomic mass is 16.5. The number of aromatic nitrogens is 2. The molecular formula is C27H31N3O5. The fourth-order valence-electron chi connectivity index (χ4n) is 5.31. The summed E-state index contributed by atoms with van der Waals surface area (Å²) in [7, 11) is 1.61. The summed E-state index contributed by atoms with van der Waals surface area (Å²) in [5.41, 5.74) is 5.13. The third kappa shape index (κ3) is 4.01. The predicted molar refractivity (Wildman–Crippen MR) is 131 cm³/mol. The number of aromatic amines is 1. The Hall–Kier alpha value is -3.52. The van der Waals surface area contributed by atoms with E-state index in [9.17, 15) is 9.90 Å². The first kappa shape index (κ1) is 23.2. The maximum absolute atomic E-state index is 13.6. The molecule has 0 spiro atoms. The van der Waals surface area contributed by atoms with Gasteiger partial charge in [-0.05, 0) is 68.5 Å². The van der Waals surface area contributed by atoms with Gasteiger partial charge in [-0.15, -0.1) is 0 Å². The molecule has 1 aromatic heterocycles. The van der Waals surface area contributed by atoms with Crippen LogP contribution in [0.5, 0.6) is 17.2 Å². The smallest absolute Gasteiger partial charge is 0.273 e. The Morgan fingerprint density at radius 2 is 2.06 bits per heavy atom. The molecule has 2 aliphatic heterocycles. The minimum atomic E-state index is -0.417. The highest BCUT2D eigenvalue weighted by molar-refractivity contribution is 6.00. The molecule has 0 saturated carbocycles. The van der Waals surface area contributed by atoms with Gasteiger partial charge in [-0.1, -0.05) is 12.1 Å². The molecule has 184 valence electrons. The van der Waals surface area contributed by atoms with Gasteiger partial charge in [-0.2, -0.15) is 5.10 Å². The lowest BCUT2D eigenvalue weighted by molar-refractivity contribution is 0.0495. The van der Waals surface area contributed by atoms with E-state index in [1.807, 2.05) is 49.9 Å². The first-order valence-corrected chi connectivity index (χ1v) is 12.0. The molecule has 0 radical (unpaired) electrons. The first-order valence-electron chi connectivity index (χ1n) is 12.0. The number of fused-ring (bicyclic) bond motifs is 1. The molecule has 2 atom stereocenters. The maximum Gasteiger partial charge on any atom is 0.273 e. The van der Waals surface area contributed by atoms with E-state index in [1.54, 1.807) is 13.2 Å². The Balaban J connectivity index is 1.67. The van der Waals surface area contributed by atoms with E-state index in [1.165, 1.54) is 0 Å². The molecule has 35 heavy (non-hydrogen) atoms. The molecule has 5 rings (SSSR count). The zero-order valence-electron chi connectivity index (χ0n) is 20.6. The summed E-state index contributed by atoms with van der Waals surface area (Å²) >= 11 is 0. The number of carbonyl (C=O) groups is 1. The molecule has 2 aromatic carbocycles. The molecule has 1 fully saturated rings. The van der Waals surface area contributed by atoms with Crippen LogP contribution in [0.1, 0.15) is 58.5 Å². The second-order valence-electron chi connectivity index (χ2n) is 9.18. The predicted octanol–water partition coefficient (Wildman–Crippen LogP) is 4.53. The number of nitrogens with one attached hydrogen (secondary N) is 1. The summed E-state index contributed by atoms with van der Waals surface area (Å²) in [4.78, 5) is 15.5. The molecule has 8 heteroatoms. The number of nitrogens with zero attached hydrogens (tertiary/aromatic N) is 2. The van der Waals surface area contributed by atoms with Crippen molar-refractivity contribution in [2.24, 2.45) is 0 Å². The number of ether oxygens (including phenoxy) is 3. The number of methoxy groups -OCH3 is 1. The van der Waals surface area contributed by atoms with Crippen molar-refractivity contribution in [1.82, 2.24) is 15.1 Å². The second kappa shape index (κ2) is 9.26. The standard InChI is InChI=1S/C27H31N3O5/c1-5-34-20-9-8-17(13-21(20)33-4)26-23-24(22-16(3)11-15(2)12-19(22)31)28-29-25(23)27(32)30(26)14-18-7-6-10-35-18/h8-9,11-13,18,26,31H,5-7,10,14H2,1-4H3,(H,28,29). The summed E-state index contributed by atoms with van der Waals surface area (Å²) in [5.74, 6) is 1.26. The lowest BCUT2D eigenvalue weighted by atomic mass is 9.93. The molecule has 3 aromatic rings. The molecule has 1 saturated heterocycles. The summed E-state index contributed by atoms with van der Waals surface area (Å²) in [6.07, 6.45) is 1.89. The second-order valence-corrected chi connectivity index (χ2v) is 9.18. The summed E-state index contributed by atoms with van der Waals surface area (Å²) < 4.78 is 17.2. The number of aryl methyl sites for hydroxylation is 2. The third-order valence-electron chi connectivity index (χ3n) is 6.79. The zero-order valence-corrected chi connectivity index (χ0v) is 20.6. The quantitative estimate of drug-likeness (QED) is 0.519. The molecule has 1 amide bonds. The van der Waals surface area contributed by atoms with Crippen molar-refractivity contribution in [1.29, 1.82) is 0 Å². The number of hydrogen-bond acceptors (Lipinski definition) is 6. The van der Waals surface area contributed by atoms with Crippen LogP contribution in [-0.2, 0) is 4.74 Å². The van der Waals surface area contributed by atoms with Crippen LogP contribution in [0, 0.1) is 13.8 Å². The van der Waals surface area contributed by atoms with Gasteiger partial charge in [-0.3, -0.25) is 9.89 Å². The number of hydrogen-bond donors (Lipinski definition) is 2. The van der Waals surface area contributed by atoms with Crippen molar-refractivity contribution < 1.29 is 24.1 Å². The molecular weight excluding hydrogens is 446 g/mol. The third-order valence-corrected chi connectivity index (χ3v) is 6.79. The van der Waals surface area contributed by atoms with Gasteiger partial charge in [0.2, 0.25) is 0 Å². The number of rotatable bonds is 7. The number of benzene rings is 2. The lowest BCUT2D eigenvalue weighted by Gasteiger charge is -2.29. The van der Waals surface area contributed by atoms with Crippen LogP contribution >= 0.6 is 0 Å². The van der Waals surface area contributed by atoms with Gasteiger partial charge in [0.25, 0.3) is 5.91 Å². The lowest BCUT2D eigenvalue weighted by Crippen LogP contribution is -2.36. The van der Waals surface area contributed by atoms with E-state index < -0.39 is 6.04 Å². The molecule has 2 aliphatic rings. The summed E-state index contributed by atoms with van der Waals surface area (Å²) in [5, 5.41) is 18.4. The van der Waals surface area contributed by atoms with Gasteiger partial charge in [0.05, 0.1) is 25.9 Å².